The van der Waals surface area contributed by atoms with Crippen LogP contribution < -0.4 is 14.9 Å². The minimum atomic E-state index is -0.995. The molecule has 2 aliphatic heterocycles. The highest BCUT2D eigenvalue weighted by Gasteiger charge is 2.61. The lowest BCUT2D eigenvalue weighted by molar-refractivity contribution is -0.126. The lowest BCUT2D eigenvalue weighted by Crippen LogP contribution is -2.37. The zero-order valence-electron chi connectivity index (χ0n) is 21.5. The number of hydrogen-bond acceptors (Lipinski definition) is 8. The summed E-state index contributed by atoms with van der Waals surface area (Å²) in [6, 6.07) is 16.9. The molecule has 0 bridgehead atoms. The van der Waals surface area contributed by atoms with Crippen LogP contribution in [0.15, 0.2) is 54.6 Å². The topological polar surface area (TPSA) is 79.4 Å². The van der Waals surface area contributed by atoms with Crippen LogP contribution in [0, 0.1) is 5.92 Å². The van der Waals surface area contributed by atoms with E-state index in [-0.39, 0.29) is 5.91 Å². The standard InChI is InChI=1S/C29H29N3O5S/c1-30(2)18-15-13-17(14-16-18)24-23-25(37-32(24)19-9-5-4-6-10-19)27(34)31(26(23)33)28-22(29(35)36-3)20-11-7-8-12-21(20)38-28/h4-6,9-10,13-16,23-25H,7-8,11-12H2,1-3H3/t23-,24+,25+/m1/s1. The van der Waals surface area contributed by atoms with Crippen molar-refractivity contribution in [2.24, 2.45) is 5.92 Å². The molecule has 2 saturated heterocycles. The van der Waals surface area contributed by atoms with Gasteiger partial charge in [-0.3, -0.25) is 14.4 Å². The number of hydrogen-bond donors (Lipinski definition) is 0. The zero-order chi connectivity index (χ0) is 26.6. The van der Waals surface area contributed by atoms with E-state index in [0.717, 1.165) is 53.1 Å². The van der Waals surface area contributed by atoms with Crippen molar-refractivity contribution in [3.05, 3.63) is 76.2 Å². The second kappa shape index (κ2) is 9.56. The van der Waals surface area contributed by atoms with Crippen LogP contribution in [0.25, 0.3) is 0 Å². The number of carbonyl (C=O) groups is 3. The Hall–Kier alpha value is -3.69. The maximum Gasteiger partial charge on any atom is 0.341 e. The molecule has 0 spiro atoms. The number of thiophene rings is 1. The number of methoxy groups -OCH3 is 1. The van der Waals surface area contributed by atoms with E-state index in [1.807, 2.05) is 73.6 Å². The lowest BCUT2D eigenvalue weighted by Gasteiger charge is -2.29. The minimum absolute atomic E-state index is 0.348. The molecule has 38 heavy (non-hydrogen) atoms. The summed E-state index contributed by atoms with van der Waals surface area (Å²) in [5.74, 6) is -2.08. The highest BCUT2D eigenvalue weighted by atomic mass is 32.1. The maximum absolute atomic E-state index is 14.2. The molecule has 3 aromatic rings. The summed E-state index contributed by atoms with van der Waals surface area (Å²) in [7, 11) is 5.27. The van der Waals surface area contributed by atoms with Crippen molar-refractivity contribution in [3.63, 3.8) is 0 Å². The van der Waals surface area contributed by atoms with Crippen molar-refractivity contribution < 1.29 is 24.0 Å². The smallest absolute Gasteiger partial charge is 0.341 e. The number of fused-ring (bicyclic) bond motifs is 2. The van der Waals surface area contributed by atoms with Gasteiger partial charge in [0.05, 0.1) is 24.4 Å². The van der Waals surface area contributed by atoms with E-state index >= 15 is 0 Å². The number of anilines is 3. The zero-order valence-corrected chi connectivity index (χ0v) is 22.4. The molecule has 3 atom stereocenters. The first-order valence-electron chi connectivity index (χ1n) is 12.8. The first-order valence-corrected chi connectivity index (χ1v) is 13.6. The molecule has 196 valence electrons. The van der Waals surface area contributed by atoms with E-state index in [1.165, 1.54) is 23.3 Å². The van der Waals surface area contributed by atoms with E-state index in [9.17, 15) is 14.4 Å². The Morgan fingerprint density at radius 3 is 2.39 bits per heavy atom. The van der Waals surface area contributed by atoms with Gasteiger partial charge in [-0.1, -0.05) is 30.3 Å². The largest absolute Gasteiger partial charge is 0.465 e. The van der Waals surface area contributed by atoms with Gasteiger partial charge in [-0.05, 0) is 61.1 Å². The summed E-state index contributed by atoms with van der Waals surface area (Å²) in [6.45, 7) is 0. The van der Waals surface area contributed by atoms with Crippen molar-refractivity contribution in [3.8, 4) is 0 Å². The summed E-state index contributed by atoms with van der Waals surface area (Å²) in [5, 5.41) is 2.05. The average molecular weight is 532 g/mol. The molecule has 6 rings (SSSR count). The third kappa shape index (κ3) is 3.80. The van der Waals surface area contributed by atoms with Crippen LogP contribution in [-0.4, -0.2) is 45.1 Å². The van der Waals surface area contributed by atoms with Gasteiger partial charge in [0.2, 0.25) is 5.91 Å². The van der Waals surface area contributed by atoms with Crippen LogP contribution in [0.4, 0.5) is 16.4 Å². The normalized spacial score (nSPS) is 22.4. The number of imide groups is 1. The molecule has 3 heterocycles. The van der Waals surface area contributed by atoms with Crippen molar-refractivity contribution >= 4 is 45.5 Å². The Kier molecular flexibility index (Phi) is 6.20. The maximum atomic E-state index is 14.2. The Balaban J connectivity index is 1.44. The van der Waals surface area contributed by atoms with Crippen molar-refractivity contribution in [2.45, 2.75) is 37.8 Å². The molecule has 3 aliphatic rings. The number of rotatable bonds is 5. The number of amides is 2. The number of ether oxygens (including phenoxy) is 1. The van der Waals surface area contributed by atoms with Crippen LogP contribution in [0.5, 0.6) is 0 Å². The van der Waals surface area contributed by atoms with Gasteiger partial charge in [0.25, 0.3) is 5.91 Å². The third-order valence-electron chi connectivity index (χ3n) is 7.62. The fourth-order valence-corrected chi connectivity index (χ4v) is 7.13. The van der Waals surface area contributed by atoms with Gasteiger partial charge in [-0.25, -0.2) is 14.8 Å². The first kappa shape index (κ1) is 24.6. The van der Waals surface area contributed by atoms with Crippen LogP contribution in [-0.2, 0) is 32.0 Å². The number of para-hydroxylation sites is 1. The second-order valence-electron chi connectivity index (χ2n) is 10.0. The molecule has 0 N–H and O–H groups in total. The quantitative estimate of drug-likeness (QED) is 0.354. The van der Waals surface area contributed by atoms with Gasteiger partial charge < -0.3 is 9.64 Å². The predicted molar refractivity (Wildman–Crippen MR) is 146 cm³/mol. The molecule has 0 radical (unpaired) electrons. The van der Waals surface area contributed by atoms with Gasteiger partial charge in [0.15, 0.2) is 6.10 Å². The number of esters is 1. The van der Waals surface area contributed by atoms with Crippen molar-refractivity contribution in [2.75, 3.05) is 36.1 Å². The summed E-state index contributed by atoms with van der Waals surface area (Å²) >= 11 is 1.36. The molecule has 8 nitrogen and oxygen atoms in total. The van der Waals surface area contributed by atoms with E-state index in [2.05, 4.69) is 0 Å². The van der Waals surface area contributed by atoms with Gasteiger partial charge in [-0.15, -0.1) is 11.3 Å². The molecule has 0 saturated carbocycles. The molecule has 2 amide bonds. The number of benzene rings is 2. The summed E-state index contributed by atoms with van der Waals surface area (Å²) < 4.78 is 5.10. The van der Waals surface area contributed by atoms with Crippen LogP contribution in [0.2, 0.25) is 0 Å². The fraction of sp³-hybridized carbons (Fsp3) is 0.345. The molecule has 9 heteroatoms. The molecule has 2 fully saturated rings. The van der Waals surface area contributed by atoms with Crippen LogP contribution in [0.1, 0.15) is 45.2 Å². The fourth-order valence-electron chi connectivity index (χ4n) is 5.74. The van der Waals surface area contributed by atoms with Crippen LogP contribution in [0.3, 0.4) is 0 Å². The SMILES string of the molecule is COC(=O)c1c(N2C(=O)[C@H]3[C@H](ON(c4ccccc4)[C@H]3c3ccc(N(C)C)cc3)C2=O)sc2c1CCCC2. The number of hydroxylamine groups is 1. The van der Waals surface area contributed by atoms with Gasteiger partial charge in [0, 0.05) is 24.7 Å². The monoisotopic (exact) mass is 531 g/mol. The van der Waals surface area contributed by atoms with Crippen molar-refractivity contribution in [1.29, 1.82) is 0 Å². The molecule has 0 unspecified atom stereocenters. The molecule has 1 aromatic heterocycles. The van der Waals surface area contributed by atoms with E-state index in [4.69, 9.17) is 9.57 Å². The Bertz CT molecular complexity index is 1400. The summed E-state index contributed by atoms with van der Waals surface area (Å²) in [4.78, 5) is 51.4. The van der Waals surface area contributed by atoms with Crippen LogP contribution >= 0.6 is 11.3 Å². The number of aryl methyl sites for hydroxylation is 1. The summed E-state index contributed by atoms with van der Waals surface area (Å²) in [5.41, 5.74) is 3.91. The molecular formula is C29H29N3O5S. The van der Waals surface area contributed by atoms with Gasteiger partial charge in [0.1, 0.15) is 10.9 Å². The van der Waals surface area contributed by atoms with Gasteiger partial charge in [-0.2, -0.15) is 0 Å². The highest BCUT2D eigenvalue weighted by Crippen LogP contribution is 2.50. The summed E-state index contributed by atoms with van der Waals surface area (Å²) in [6.07, 6.45) is 2.54. The van der Waals surface area contributed by atoms with E-state index < -0.39 is 29.9 Å². The number of nitrogens with zero attached hydrogens (tertiary/aromatic N) is 3. The Morgan fingerprint density at radius 1 is 1.00 bits per heavy atom. The molecule has 1 aliphatic carbocycles. The van der Waals surface area contributed by atoms with E-state index in [0.29, 0.717) is 10.6 Å². The number of carbonyl (C=O) groups excluding carboxylic acids is 3. The Morgan fingerprint density at radius 2 is 1.71 bits per heavy atom. The van der Waals surface area contributed by atoms with Crippen molar-refractivity contribution in [1.82, 2.24) is 0 Å². The Labute approximate surface area is 225 Å². The average Bonchev–Trinajstić information content (AvgIpc) is 3.59. The highest BCUT2D eigenvalue weighted by molar-refractivity contribution is 7.17. The third-order valence-corrected chi connectivity index (χ3v) is 8.90. The lowest BCUT2D eigenvalue weighted by atomic mass is 9.90. The molecular weight excluding hydrogens is 502 g/mol. The minimum Gasteiger partial charge on any atom is -0.465 e. The second-order valence-corrected chi connectivity index (χ2v) is 11.1. The first-order chi connectivity index (χ1) is 18.4. The van der Waals surface area contributed by atoms with E-state index in [1.54, 1.807) is 5.06 Å². The predicted octanol–water partition coefficient (Wildman–Crippen LogP) is 4.53. The van der Waals surface area contributed by atoms with Gasteiger partial charge >= 0.3 is 5.97 Å². The molecule has 2 aromatic carbocycles.